The number of aryl methyl sites for hydroxylation is 1. The molecule has 8 nitrogen and oxygen atoms in total. The van der Waals surface area contributed by atoms with Crippen LogP contribution in [0.4, 0.5) is 10.1 Å². The first-order valence-corrected chi connectivity index (χ1v) is 11.7. The average molecular weight is 498 g/mol. The second kappa shape index (κ2) is 10.4. The molecule has 0 spiro atoms. The SMILES string of the molecule is Cc1ccc(C(C(=O)NCc2ccco2)N(C(=O)Cn2nnc3ccccc32)c2ccccc2F)cc1. The first-order valence-electron chi connectivity index (χ1n) is 11.7. The van der Waals surface area contributed by atoms with E-state index in [9.17, 15) is 9.59 Å². The van der Waals surface area contributed by atoms with E-state index in [2.05, 4.69) is 15.6 Å². The number of hydrogen-bond donors (Lipinski definition) is 1. The van der Waals surface area contributed by atoms with Gasteiger partial charge >= 0.3 is 0 Å². The molecule has 9 heteroatoms. The zero-order chi connectivity index (χ0) is 25.8. The van der Waals surface area contributed by atoms with Crippen molar-refractivity contribution in [3.05, 3.63) is 114 Å². The summed E-state index contributed by atoms with van der Waals surface area (Å²) in [6, 6.07) is 22.6. The van der Waals surface area contributed by atoms with Gasteiger partial charge in [0, 0.05) is 0 Å². The maximum Gasteiger partial charge on any atom is 0.249 e. The summed E-state index contributed by atoms with van der Waals surface area (Å²) in [5.41, 5.74) is 2.77. The van der Waals surface area contributed by atoms with E-state index in [0.717, 1.165) is 5.56 Å². The van der Waals surface area contributed by atoms with Crippen molar-refractivity contribution in [1.29, 1.82) is 0 Å². The Kier molecular flexibility index (Phi) is 6.76. The van der Waals surface area contributed by atoms with E-state index in [1.807, 2.05) is 31.2 Å². The minimum atomic E-state index is -1.16. The molecule has 2 amide bonds. The number of benzene rings is 3. The predicted octanol–water partition coefficient (Wildman–Crippen LogP) is 4.56. The highest BCUT2D eigenvalue weighted by Gasteiger charge is 2.34. The second-order valence-corrected chi connectivity index (χ2v) is 8.56. The molecule has 0 aliphatic heterocycles. The molecule has 3 aromatic carbocycles. The van der Waals surface area contributed by atoms with Crippen LogP contribution >= 0.6 is 0 Å². The van der Waals surface area contributed by atoms with Gasteiger partial charge in [0.25, 0.3) is 0 Å². The van der Waals surface area contributed by atoms with Crippen LogP contribution in [0.3, 0.4) is 0 Å². The van der Waals surface area contributed by atoms with Crippen LogP contribution in [0, 0.1) is 12.7 Å². The quantitative estimate of drug-likeness (QED) is 0.339. The van der Waals surface area contributed by atoms with Crippen molar-refractivity contribution >= 4 is 28.5 Å². The predicted molar refractivity (Wildman–Crippen MR) is 136 cm³/mol. The number of aromatic nitrogens is 3. The molecule has 0 fully saturated rings. The number of nitrogens with one attached hydrogen (secondary N) is 1. The van der Waals surface area contributed by atoms with Crippen LogP contribution in [0.15, 0.2) is 95.6 Å². The average Bonchev–Trinajstić information content (AvgIpc) is 3.58. The van der Waals surface area contributed by atoms with E-state index in [4.69, 9.17) is 4.42 Å². The highest BCUT2D eigenvalue weighted by atomic mass is 19.1. The monoisotopic (exact) mass is 497 g/mol. The smallest absolute Gasteiger partial charge is 0.249 e. The topological polar surface area (TPSA) is 93.3 Å². The van der Waals surface area contributed by atoms with Gasteiger partial charge in [-0.25, -0.2) is 9.07 Å². The number of hydrogen-bond acceptors (Lipinski definition) is 5. The van der Waals surface area contributed by atoms with Gasteiger partial charge in [0.15, 0.2) is 0 Å². The van der Waals surface area contributed by atoms with Gasteiger partial charge in [0.05, 0.1) is 24.0 Å². The van der Waals surface area contributed by atoms with Gasteiger partial charge in [-0.3, -0.25) is 14.5 Å². The number of fused-ring (bicyclic) bond motifs is 1. The Morgan fingerprint density at radius 1 is 1.00 bits per heavy atom. The lowest BCUT2D eigenvalue weighted by Crippen LogP contribution is -2.45. The summed E-state index contributed by atoms with van der Waals surface area (Å²) in [7, 11) is 0. The Morgan fingerprint density at radius 2 is 1.76 bits per heavy atom. The number of carbonyl (C=O) groups excluding carboxylic acids is 2. The fourth-order valence-electron chi connectivity index (χ4n) is 4.15. The first kappa shape index (κ1) is 23.9. The third kappa shape index (κ3) is 5.11. The van der Waals surface area contributed by atoms with Crippen LogP contribution in [0.1, 0.15) is 22.9 Å². The van der Waals surface area contributed by atoms with Gasteiger partial charge in [-0.05, 0) is 48.9 Å². The van der Waals surface area contributed by atoms with Crippen molar-refractivity contribution in [3.8, 4) is 0 Å². The number of rotatable bonds is 8. The first-order chi connectivity index (χ1) is 18.0. The van der Waals surface area contributed by atoms with Crippen molar-refractivity contribution in [2.75, 3.05) is 4.90 Å². The lowest BCUT2D eigenvalue weighted by molar-refractivity contribution is -0.127. The molecule has 1 atom stereocenters. The molecule has 2 aromatic heterocycles. The fraction of sp³-hybridized carbons (Fsp3) is 0.143. The van der Waals surface area contributed by atoms with Crippen molar-refractivity contribution < 1.29 is 18.4 Å². The van der Waals surface area contributed by atoms with E-state index in [0.29, 0.717) is 22.4 Å². The molecule has 0 saturated carbocycles. The van der Waals surface area contributed by atoms with Crippen LogP contribution in [0.25, 0.3) is 11.0 Å². The summed E-state index contributed by atoms with van der Waals surface area (Å²) in [6.07, 6.45) is 1.51. The van der Waals surface area contributed by atoms with Crippen molar-refractivity contribution in [2.24, 2.45) is 0 Å². The zero-order valence-corrected chi connectivity index (χ0v) is 20.0. The summed E-state index contributed by atoms with van der Waals surface area (Å²) < 4.78 is 21.9. The Hall–Kier alpha value is -4.79. The van der Waals surface area contributed by atoms with E-state index < -0.39 is 23.7 Å². The highest BCUT2D eigenvalue weighted by molar-refractivity contribution is 6.01. The summed E-state index contributed by atoms with van der Waals surface area (Å²) in [6.45, 7) is 1.79. The lowest BCUT2D eigenvalue weighted by Gasteiger charge is -2.31. The fourth-order valence-corrected chi connectivity index (χ4v) is 4.15. The van der Waals surface area contributed by atoms with Gasteiger partial charge in [0.1, 0.15) is 29.7 Å². The van der Waals surface area contributed by atoms with E-state index in [1.165, 1.54) is 34.0 Å². The Morgan fingerprint density at radius 3 is 2.51 bits per heavy atom. The summed E-state index contributed by atoms with van der Waals surface area (Å²) in [4.78, 5) is 28.8. The maximum absolute atomic E-state index is 15.2. The van der Waals surface area contributed by atoms with Crippen molar-refractivity contribution in [1.82, 2.24) is 20.3 Å². The molecule has 0 aliphatic carbocycles. The molecule has 5 aromatic rings. The van der Waals surface area contributed by atoms with Gasteiger partial charge in [-0.15, -0.1) is 5.10 Å². The minimum absolute atomic E-state index is 0.0179. The van der Waals surface area contributed by atoms with E-state index >= 15 is 4.39 Å². The molecule has 2 heterocycles. The molecular weight excluding hydrogens is 473 g/mol. The molecule has 0 bridgehead atoms. The number of nitrogens with zero attached hydrogens (tertiary/aromatic N) is 4. The molecule has 0 saturated heterocycles. The third-order valence-corrected chi connectivity index (χ3v) is 6.00. The van der Waals surface area contributed by atoms with Crippen LogP contribution in [0.2, 0.25) is 0 Å². The molecule has 0 radical (unpaired) electrons. The summed E-state index contributed by atoms with van der Waals surface area (Å²) in [5.74, 6) is -1.09. The highest BCUT2D eigenvalue weighted by Crippen LogP contribution is 2.31. The number of para-hydroxylation sites is 2. The standard InChI is InChI=1S/C28H24FN5O3/c1-19-12-14-20(15-13-19)27(28(36)30-17-21-7-6-16-37-21)34(24-10-4-2-8-22(24)29)26(35)18-33-25-11-5-3-9-23(25)31-32-33/h2-16,27H,17-18H2,1H3,(H,30,36). The van der Waals surface area contributed by atoms with Crippen LogP contribution in [0.5, 0.6) is 0 Å². The number of halogens is 1. The number of amides is 2. The van der Waals surface area contributed by atoms with Crippen molar-refractivity contribution in [2.45, 2.75) is 26.1 Å². The van der Waals surface area contributed by atoms with E-state index in [1.54, 1.807) is 42.5 Å². The molecular formula is C28H24FN5O3. The largest absolute Gasteiger partial charge is 0.467 e. The van der Waals surface area contributed by atoms with Gasteiger partial charge in [-0.2, -0.15) is 0 Å². The molecule has 37 heavy (non-hydrogen) atoms. The lowest BCUT2D eigenvalue weighted by atomic mass is 10.0. The number of anilines is 1. The zero-order valence-electron chi connectivity index (χ0n) is 20.0. The number of furan rings is 1. The van der Waals surface area contributed by atoms with E-state index in [-0.39, 0.29) is 18.8 Å². The van der Waals surface area contributed by atoms with Crippen LogP contribution in [-0.4, -0.2) is 26.8 Å². The minimum Gasteiger partial charge on any atom is -0.467 e. The Balaban J connectivity index is 1.57. The van der Waals surface area contributed by atoms with Crippen molar-refractivity contribution in [3.63, 3.8) is 0 Å². The number of carbonyl (C=O) groups is 2. The van der Waals surface area contributed by atoms with Gasteiger partial charge < -0.3 is 9.73 Å². The molecule has 5 rings (SSSR count). The van der Waals surface area contributed by atoms with Crippen LogP contribution in [-0.2, 0) is 22.7 Å². The van der Waals surface area contributed by atoms with Gasteiger partial charge in [0.2, 0.25) is 11.8 Å². The molecule has 1 N–H and O–H groups in total. The van der Waals surface area contributed by atoms with Gasteiger partial charge in [-0.1, -0.05) is 59.3 Å². The second-order valence-electron chi connectivity index (χ2n) is 8.56. The Bertz CT molecular complexity index is 1530. The summed E-state index contributed by atoms with van der Waals surface area (Å²) in [5, 5.41) is 11.0. The third-order valence-electron chi connectivity index (χ3n) is 6.00. The van der Waals surface area contributed by atoms with Crippen LogP contribution < -0.4 is 10.2 Å². The normalized spacial score (nSPS) is 11.8. The summed E-state index contributed by atoms with van der Waals surface area (Å²) >= 11 is 0. The molecule has 1 unspecified atom stereocenters. The maximum atomic E-state index is 15.2. The molecule has 186 valence electrons. The Labute approximate surface area is 212 Å². The molecule has 0 aliphatic rings.